The average molecular weight is 348 g/mol. The van der Waals surface area contributed by atoms with Gasteiger partial charge in [-0.1, -0.05) is 44.2 Å². The van der Waals surface area contributed by atoms with E-state index in [1.807, 2.05) is 11.8 Å². The van der Waals surface area contributed by atoms with Gasteiger partial charge in [0.15, 0.2) is 0 Å². The minimum Gasteiger partial charge on any atom is -0.312 e. The molecule has 2 nitrogen and oxygen atoms in total. The number of rotatable bonds is 5. The van der Waals surface area contributed by atoms with Crippen molar-refractivity contribution < 1.29 is 4.79 Å². The number of carbonyl (C=O) groups is 1. The molecule has 132 valence electrons. The van der Waals surface area contributed by atoms with E-state index in [1.165, 1.54) is 43.2 Å². The van der Waals surface area contributed by atoms with Crippen LogP contribution in [0.5, 0.6) is 0 Å². The third kappa shape index (κ3) is 4.53. The molecule has 2 aliphatic rings. The SMILES string of the molecule is CC(Cl)Cc1ccc2c(c1)CCCN2C(=O)CCC1CCCCC1. The predicted octanol–water partition coefficient (Wildman–Crippen LogP) is 5.50. The van der Waals surface area contributed by atoms with Crippen LogP contribution >= 0.6 is 11.6 Å². The van der Waals surface area contributed by atoms with Crippen LogP contribution in [0.4, 0.5) is 5.69 Å². The fraction of sp³-hybridized carbons (Fsp3) is 0.667. The maximum absolute atomic E-state index is 12.8. The monoisotopic (exact) mass is 347 g/mol. The average Bonchev–Trinajstić information content (AvgIpc) is 2.59. The summed E-state index contributed by atoms with van der Waals surface area (Å²) in [6, 6.07) is 6.54. The molecule has 24 heavy (non-hydrogen) atoms. The van der Waals surface area contributed by atoms with Crippen molar-refractivity contribution in [2.75, 3.05) is 11.4 Å². The first-order chi connectivity index (χ1) is 11.6. The van der Waals surface area contributed by atoms with E-state index in [0.29, 0.717) is 12.3 Å². The summed E-state index contributed by atoms with van der Waals surface area (Å²) in [6.45, 7) is 2.91. The summed E-state index contributed by atoms with van der Waals surface area (Å²) in [7, 11) is 0. The van der Waals surface area contributed by atoms with E-state index in [4.69, 9.17) is 11.6 Å². The lowest BCUT2D eigenvalue weighted by Gasteiger charge is -2.31. The van der Waals surface area contributed by atoms with Crippen LogP contribution in [0.3, 0.4) is 0 Å². The van der Waals surface area contributed by atoms with E-state index < -0.39 is 0 Å². The van der Waals surface area contributed by atoms with Gasteiger partial charge in [0.1, 0.15) is 0 Å². The highest BCUT2D eigenvalue weighted by atomic mass is 35.5. The van der Waals surface area contributed by atoms with Crippen LogP contribution in [-0.4, -0.2) is 17.8 Å². The number of hydrogen-bond acceptors (Lipinski definition) is 1. The fourth-order valence-corrected chi connectivity index (χ4v) is 4.48. The maximum Gasteiger partial charge on any atom is 0.226 e. The summed E-state index contributed by atoms with van der Waals surface area (Å²) in [5, 5.41) is 0.153. The molecule has 1 saturated carbocycles. The van der Waals surface area contributed by atoms with Crippen LogP contribution in [0, 0.1) is 5.92 Å². The summed E-state index contributed by atoms with van der Waals surface area (Å²) >= 11 is 6.13. The van der Waals surface area contributed by atoms with Gasteiger partial charge in [-0.15, -0.1) is 11.6 Å². The first-order valence-electron chi connectivity index (χ1n) is 9.69. The summed E-state index contributed by atoms with van der Waals surface area (Å²) in [6.07, 6.45) is 11.6. The van der Waals surface area contributed by atoms with Gasteiger partial charge in [-0.3, -0.25) is 4.79 Å². The highest BCUT2D eigenvalue weighted by molar-refractivity contribution is 6.20. The smallest absolute Gasteiger partial charge is 0.226 e. The summed E-state index contributed by atoms with van der Waals surface area (Å²) in [5.41, 5.74) is 3.75. The quantitative estimate of drug-likeness (QED) is 0.644. The molecule has 1 fully saturated rings. The Kier molecular flexibility index (Phi) is 6.21. The van der Waals surface area contributed by atoms with E-state index in [1.54, 1.807) is 0 Å². The number of carbonyl (C=O) groups excluding carboxylic acids is 1. The van der Waals surface area contributed by atoms with Crippen LogP contribution in [0.2, 0.25) is 0 Å². The number of anilines is 1. The zero-order chi connectivity index (χ0) is 16.9. The van der Waals surface area contributed by atoms with Gasteiger partial charge >= 0.3 is 0 Å². The van der Waals surface area contributed by atoms with Gasteiger partial charge in [-0.05, 0) is 55.7 Å². The first kappa shape index (κ1) is 17.8. The molecule has 0 bridgehead atoms. The van der Waals surface area contributed by atoms with Crippen molar-refractivity contribution >= 4 is 23.2 Å². The summed E-state index contributed by atoms with van der Waals surface area (Å²) in [4.78, 5) is 14.8. The molecule has 0 radical (unpaired) electrons. The van der Waals surface area contributed by atoms with Crippen molar-refractivity contribution in [1.82, 2.24) is 0 Å². The number of halogens is 1. The zero-order valence-corrected chi connectivity index (χ0v) is 15.7. The Labute approximate surface area is 151 Å². The topological polar surface area (TPSA) is 20.3 Å². The molecule has 1 aliphatic carbocycles. The normalized spacial score (nSPS) is 19.8. The first-order valence-corrected chi connectivity index (χ1v) is 10.1. The molecule has 0 spiro atoms. The molecule has 0 saturated heterocycles. The molecule has 1 aliphatic heterocycles. The second-order valence-electron chi connectivity index (χ2n) is 7.64. The van der Waals surface area contributed by atoms with Crippen molar-refractivity contribution in [1.29, 1.82) is 0 Å². The highest BCUT2D eigenvalue weighted by Crippen LogP contribution is 2.31. The number of benzene rings is 1. The van der Waals surface area contributed by atoms with Crippen molar-refractivity contribution in [3.05, 3.63) is 29.3 Å². The molecule has 1 heterocycles. The van der Waals surface area contributed by atoms with E-state index in [0.717, 1.165) is 43.8 Å². The van der Waals surface area contributed by atoms with Crippen LogP contribution in [0.1, 0.15) is 69.4 Å². The minimum atomic E-state index is 0.153. The maximum atomic E-state index is 12.8. The lowest BCUT2D eigenvalue weighted by molar-refractivity contribution is -0.119. The molecule has 0 N–H and O–H groups in total. The van der Waals surface area contributed by atoms with Gasteiger partial charge < -0.3 is 4.90 Å². The molecule has 3 heteroatoms. The van der Waals surface area contributed by atoms with Gasteiger partial charge in [0.2, 0.25) is 5.91 Å². The lowest BCUT2D eigenvalue weighted by atomic mass is 9.86. The third-order valence-corrected chi connectivity index (χ3v) is 5.73. The van der Waals surface area contributed by atoms with Crippen LogP contribution in [0.15, 0.2) is 18.2 Å². The molecule has 1 unspecified atom stereocenters. The van der Waals surface area contributed by atoms with Crippen molar-refractivity contribution in [3.63, 3.8) is 0 Å². The molecule has 0 aromatic heterocycles. The standard InChI is InChI=1S/C21H30ClNO/c1-16(22)14-18-9-11-20-19(15-18)8-5-13-23(20)21(24)12-10-17-6-3-2-4-7-17/h9,11,15-17H,2-8,10,12-14H2,1H3. The molecule has 1 aromatic carbocycles. The number of fused-ring (bicyclic) bond motifs is 1. The van der Waals surface area contributed by atoms with Gasteiger partial charge in [0.25, 0.3) is 0 Å². The van der Waals surface area contributed by atoms with Gasteiger partial charge in [-0.25, -0.2) is 0 Å². The minimum absolute atomic E-state index is 0.153. The largest absolute Gasteiger partial charge is 0.312 e. The van der Waals surface area contributed by atoms with Crippen LogP contribution < -0.4 is 4.90 Å². The molecular weight excluding hydrogens is 318 g/mol. The fourth-order valence-electron chi connectivity index (χ4n) is 4.30. The molecule has 1 aromatic rings. The van der Waals surface area contributed by atoms with E-state index in [2.05, 4.69) is 18.2 Å². The number of hydrogen-bond donors (Lipinski definition) is 0. The van der Waals surface area contributed by atoms with E-state index in [9.17, 15) is 4.79 Å². The van der Waals surface area contributed by atoms with Crippen LogP contribution in [-0.2, 0) is 17.6 Å². The summed E-state index contributed by atoms with van der Waals surface area (Å²) in [5.74, 6) is 1.10. The highest BCUT2D eigenvalue weighted by Gasteiger charge is 2.24. The van der Waals surface area contributed by atoms with Gasteiger partial charge in [-0.2, -0.15) is 0 Å². The molecule has 1 amide bonds. The van der Waals surface area contributed by atoms with Crippen molar-refractivity contribution in [3.8, 4) is 0 Å². The third-order valence-electron chi connectivity index (χ3n) is 5.57. The van der Waals surface area contributed by atoms with Crippen molar-refractivity contribution in [2.24, 2.45) is 5.92 Å². The Bertz CT molecular complexity index is 563. The Morgan fingerprint density at radius 1 is 1.25 bits per heavy atom. The molecule has 3 rings (SSSR count). The van der Waals surface area contributed by atoms with Crippen LogP contribution in [0.25, 0.3) is 0 Å². The Morgan fingerprint density at radius 3 is 2.79 bits per heavy atom. The number of nitrogens with zero attached hydrogens (tertiary/aromatic N) is 1. The number of amides is 1. The van der Waals surface area contributed by atoms with E-state index in [-0.39, 0.29) is 5.38 Å². The van der Waals surface area contributed by atoms with Crippen molar-refractivity contribution in [2.45, 2.75) is 76.5 Å². The second kappa shape index (κ2) is 8.38. The molecular formula is C21H30ClNO. The zero-order valence-electron chi connectivity index (χ0n) is 14.9. The van der Waals surface area contributed by atoms with E-state index >= 15 is 0 Å². The summed E-state index contributed by atoms with van der Waals surface area (Å²) < 4.78 is 0. The van der Waals surface area contributed by atoms with Gasteiger partial charge in [0, 0.05) is 24.0 Å². The lowest BCUT2D eigenvalue weighted by Crippen LogP contribution is -2.35. The number of aryl methyl sites for hydroxylation is 1. The second-order valence-corrected chi connectivity index (χ2v) is 8.38. The Morgan fingerprint density at radius 2 is 2.04 bits per heavy atom. The predicted molar refractivity (Wildman–Crippen MR) is 102 cm³/mol. The number of alkyl halides is 1. The van der Waals surface area contributed by atoms with Gasteiger partial charge in [0.05, 0.1) is 0 Å². The Balaban J connectivity index is 1.63. The molecule has 1 atom stereocenters. The Hall–Kier alpha value is -1.02.